The van der Waals surface area contributed by atoms with Crippen LogP contribution >= 0.6 is 0 Å². The molecule has 4 heterocycles. The molecule has 0 aromatic carbocycles. The van der Waals surface area contributed by atoms with Gasteiger partial charge in [-0.1, -0.05) is 0 Å². The maximum atomic E-state index is 13.4. The maximum absolute atomic E-state index is 13.4. The number of carbonyl (C=O) groups is 1. The molecule has 1 atom stereocenters. The molecule has 1 amide bonds. The lowest BCUT2D eigenvalue weighted by Gasteiger charge is -2.34. The lowest BCUT2D eigenvalue weighted by Crippen LogP contribution is -2.49. The molecule has 36 heavy (non-hydrogen) atoms. The fraction of sp³-hybridized carbons (Fsp3) is 0.545. The van der Waals surface area contributed by atoms with Crippen LogP contribution in [-0.4, -0.2) is 83.0 Å². The Hall–Kier alpha value is -3.73. The zero-order valence-electron chi connectivity index (χ0n) is 19.4. The summed E-state index contributed by atoms with van der Waals surface area (Å²) in [6, 6.07) is 1.62. The fourth-order valence-electron chi connectivity index (χ4n) is 4.44. The third-order valence-corrected chi connectivity index (χ3v) is 6.26. The first-order valence-electron chi connectivity index (χ1n) is 11.5. The molecule has 1 N–H and O–H groups in total. The molecule has 0 bridgehead atoms. The number of nitrogens with one attached hydrogen (secondary N) is 1. The summed E-state index contributed by atoms with van der Waals surface area (Å²) in [6.07, 6.45) is 0.553. The highest BCUT2D eigenvalue weighted by Gasteiger charge is 2.40. The monoisotopic (exact) mass is 506 g/mol. The largest absolute Gasteiger partial charge is 0.423 e. The number of piperazine rings is 1. The van der Waals surface area contributed by atoms with Crippen LogP contribution in [0.2, 0.25) is 0 Å². The Balaban J connectivity index is 1.24. The van der Waals surface area contributed by atoms with Crippen LogP contribution < -0.4 is 15.4 Å². The predicted molar refractivity (Wildman–Crippen MR) is 121 cm³/mol. The van der Waals surface area contributed by atoms with Gasteiger partial charge in [0.2, 0.25) is 11.9 Å². The summed E-state index contributed by atoms with van der Waals surface area (Å²) in [5, 5.41) is 14.2. The summed E-state index contributed by atoms with van der Waals surface area (Å²) in [5.41, 5.74) is -2.41. The van der Waals surface area contributed by atoms with Crippen molar-refractivity contribution in [3.63, 3.8) is 0 Å². The fourth-order valence-corrected chi connectivity index (χ4v) is 4.44. The third kappa shape index (κ3) is 5.73. The van der Waals surface area contributed by atoms with E-state index in [1.54, 1.807) is 4.90 Å². The Morgan fingerprint density at radius 3 is 2.56 bits per heavy atom. The molecule has 11 nitrogen and oxygen atoms in total. The maximum Gasteiger partial charge on any atom is 0.423 e. The van der Waals surface area contributed by atoms with Crippen molar-refractivity contribution in [3.05, 3.63) is 40.1 Å². The number of nitriles is 1. The molecule has 14 heteroatoms. The number of hydrogen-bond donors (Lipinski definition) is 1. The Bertz CT molecular complexity index is 1160. The number of rotatable bonds is 7. The SMILES string of the molecule is N#Cc1cnc(N2CCN(C(=O)CCOC[C@@H]3CCCN3c3cn[nH]c(=O)c3C(F)(F)F)CC2)nc1. The van der Waals surface area contributed by atoms with Crippen molar-refractivity contribution in [3.8, 4) is 6.07 Å². The smallest absolute Gasteiger partial charge is 0.379 e. The normalized spacial score (nSPS) is 18.4. The van der Waals surface area contributed by atoms with E-state index in [-0.39, 0.29) is 37.3 Å². The minimum Gasteiger partial charge on any atom is -0.379 e. The highest BCUT2D eigenvalue weighted by atomic mass is 19.4. The minimum absolute atomic E-state index is 0.0724. The van der Waals surface area contributed by atoms with Gasteiger partial charge in [-0.05, 0) is 12.8 Å². The Kier molecular flexibility index (Phi) is 7.68. The average Bonchev–Trinajstić information content (AvgIpc) is 3.34. The summed E-state index contributed by atoms with van der Waals surface area (Å²) < 4.78 is 46.0. The van der Waals surface area contributed by atoms with Crippen LogP contribution in [0.4, 0.5) is 24.8 Å². The van der Waals surface area contributed by atoms with Gasteiger partial charge in [-0.15, -0.1) is 0 Å². The number of alkyl halides is 3. The highest BCUT2D eigenvalue weighted by Crippen LogP contribution is 2.36. The van der Waals surface area contributed by atoms with Crippen molar-refractivity contribution >= 4 is 17.5 Å². The first-order valence-corrected chi connectivity index (χ1v) is 11.5. The van der Waals surface area contributed by atoms with Gasteiger partial charge in [-0.25, -0.2) is 15.1 Å². The van der Waals surface area contributed by atoms with Crippen molar-refractivity contribution in [2.45, 2.75) is 31.5 Å². The van der Waals surface area contributed by atoms with Crippen molar-refractivity contribution in [2.75, 3.05) is 55.7 Å². The van der Waals surface area contributed by atoms with E-state index in [0.29, 0.717) is 57.1 Å². The Morgan fingerprint density at radius 1 is 1.17 bits per heavy atom. The van der Waals surface area contributed by atoms with E-state index in [1.807, 2.05) is 16.1 Å². The second-order valence-electron chi connectivity index (χ2n) is 8.52. The van der Waals surface area contributed by atoms with Gasteiger partial charge >= 0.3 is 6.18 Å². The minimum atomic E-state index is -4.80. The summed E-state index contributed by atoms with van der Waals surface area (Å²) >= 11 is 0. The third-order valence-electron chi connectivity index (χ3n) is 6.26. The van der Waals surface area contributed by atoms with E-state index in [2.05, 4.69) is 15.1 Å². The molecule has 2 aromatic rings. The Morgan fingerprint density at radius 2 is 1.89 bits per heavy atom. The topological polar surface area (TPSA) is 131 Å². The molecule has 2 aliphatic heterocycles. The van der Waals surface area contributed by atoms with Gasteiger partial charge in [0, 0.05) is 32.7 Å². The lowest BCUT2D eigenvalue weighted by molar-refractivity contribution is -0.138. The molecule has 2 saturated heterocycles. The van der Waals surface area contributed by atoms with E-state index in [9.17, 15) is 22.8 Å². The van der Waals surface area contributed by atoms with Crippen LogP contribution in [-0.2, 0) is 15.7 Å². The first-order chi connectivity index (χ1) is 17.3. The number of amides is 1. The van der Waals surface area contributed by atoms with Gasteiger partial charge in [0.25, 0.3) is 5.56 Å². The van der Waals surface area contributed by atoms with E-state index < -0.39 is 17.3 Å². The molecule has 0 spiro atoms. The summed E-state index contributed by atoms with van der Waals surface area (Å²) in [4.78, 5) is 37.9. The predicted octanol–water partition coefficient (Wildman–Crippen LogP) is 1.17. The van der Waals surface area contributed by atoms with Gasteiger partial charge in [0.05, 0.1) is 55.5 Å². The standard InChI is InChI=1S/C22H25F3N8O3/c23-22(24,25)19-17(13-29-30-20(19)35)33-4-1-2-16(33)14-36-9-3-18(34)31-5-7-32(8-6-31)21-27-11-15(10-26)12-28-21/h11-13,16H,1-9,14H2,(H,30,35)/t16-/m0/s1. The molecule has 0 unspecified atom stereocenters. The number of halogens is 3. The summed E-state index contributed by atoms with van der Waals surface area (Å²) in [7, 11) is 0. The molecular formula is C22H25F3N8O3. The van der Waals surface area contributed by atoms with Crippen molar-refractivity contribution in [1.82, 2.24) is 25.1 Å². The molecule has 2 aliphatic rings. The number of ether oxygens (including phenoxy) is 1. The van der Waals surface area contributed by atoms with Crippen LogP contribution in [0.1, 0.15) is 30.4 Å². The van der Waals surface area contributed by atoms with Gasteiger partial charge in [0.15, 0.2) is 0 Å². The number of anilines is 2. The van der Waals surface area contributed by atoms with E-state index in [1.165, 1.54) is 17.3 Å². The van der Waals surface area contributed by atoms with Crippen LogP contribution in [0.25, 0.3) is 0 Å². The number of hydrogen-bond acceptors (Lipinski definition) is 9. The van der Waals surface area contributed by atoms with Gasteiger partial charge in [0.1, 0.15) is 11.6 Å². The van der Waals surface area contributed by atoms with E-state index in [4.69, 9.17) is 10.00 Å². The summed E-state index contributed by atoms with van der Waals surface area (Å²) in [6.45, 7) is 2.74. The van der Waals surface area contributed by atoms with E-state index >= 15 is 0 Å². The molecular weight excluding hydrogens is 481 g/mol. The number of aromatic amines is 1. The zero-order chi connectivity index (χ0) is 25.7. The van der Waals surface area contributed by atoms with E-state index in [0.717, 1.165) is 6.20 Å². The van der Waals surface area contributed by atoms with Crippen LogP contribution in [0.5, 0.6) is 0 Å². The van der Waals surface area contributed by atoms with Crippen molar-refractivity contribution < 1.29 is 22.7 Å². The molecule has 0 saturated carbocycles. The second-order valence-corrected chi connectivity index (χ2v) is 8.52. The molecule has 0 aliphatic carbocycles. The van der Waals surface area contributed by atoms with Crippen LogP contribution in [0, 0.1) is 11.3 Å². The second kappa shape index (κ2) is 10.9. The number of H-pyrrole nitrogens is 1. The number of aromatic nitrogens is 4. The first kappa shape index (κ1) is 25.4. The van der Waals surface area contributed by atoms with Gasteiger partial charge < -0.3 is 19.4 Å². The molecule has 4 rings (SSSR count). The Labute approximate surface area is 204 Å². The van der Waals surface area contributed by atoms with Crippen LogP contribution in [0.3, 0.4) is 0 Å². The highest BCUT2D eigenvalue weighted by molar-refractivity contribution is 5.76. The van der Waals surface area contributed by atoms with Crippen molar-refractivity contribution in [2.24, 2.45) is 0 Å². The van der Waals surface area contributed by atoms with Gasteiger partial charge in [-0.2, -0.15) is 23.5 Å². The van der Waals surface area contributed by atoms with Crippen molar-refractivity contribution in [1.29, 1.82) is 5.26 Å². The summed E-state index contributed by atoms with van der Waals surface area (Å²) in [5.74, 6) is 0.437. The quantitative estimate of drug-likeness (QED) is 0.550. The van der Waals surface area contributed by atoms with Crippen LogP contribution in [0.15, 0.2) is 23.4 Å². The zero-order valence-corrected chi connectivity index (χ0v) is 19.4. The van der Waals surface area contributed by atoms with Gasteiger partial charge in [-0.3, -0.25) is 9.59 Å². The molecule has 192 valence electrons. The molecule has 2 fully saturated rings. The number of nitrogens with zero attached hydrogens (tertiary/aromatic N) is 7. The number of carbonyl (C=O) groups excluding carboxylic acids is 1. The molecule has 0 radical (unpaired) electrons. The lowest BCUT2D eigenvalue weighted by atomic mass is 10.2. The molecule has 2 aromatic heterocycles. The average molecular weight is 506 g/mol.